The minimum atomic E-state index is -0.593. The third-order valence-electron chi connectivity index (χ3n) is 4.88. The van der Waals surface area contributed by atoms with E-state index in [-0.39, 0.29) is 12.5 Å². The molecule has 170 valence electrons. The van der Waals surface area contributed by atoms with Crippen LogP contribution >= 0.6 is 11.3 Å². The van der Waals surface area contributed by atoms with Gasteiger partial charge in [0.25, 0.3) is 5.91 Å². The van der Waals surface area contributed by atoms with E-state index < -0.39 is 17.7 Å². The number of thiophene rings is 1. The molecule has 0 saturated heterocycles. The average molecular weight is 455 g/mol. The molecule has 7 nitrogen and oxygen atoms in total. The Morgan fingerprint density at radius 2 is 1.88 bits per heavy atom. The molecule has 0 spiro atoms. The summed E-state index contributed by atoms with van der Waals surface area (Å²) in [6, 6.07) is 11.1. The van der Waals surface area contributed by atoms with Crippen molar-refractivity contribution in [3.8, 4) is 11.3 Å². The molecule has 32 heavy (non-hydrogen) atoms. The van der Waals surface area contributed by atoms with E-state index in [1.807, 2.05) is 88.9 Å². The molecule has 0 fully saturated rings. The van der Waals surface area contributed by atoms with Crippen molar-refractivity contribution >= 4 is 23.3 Å². The summed E-state index contributed by atoms with van der Waals surface area (Å²) < 4.78 is 7.15. The largest absolute Gasteiger partial charge is 0.444 e. The maximum atomic E-state index is 13.1. The molecular weight excluding hydrogens is 424 g/mol. The van der Waals surface area contributed by atoms with Crippen LogP contribution in [0.15, 0.2) is 42.6 Å². The first-order valence-corrected chi connectivity index (χ1v) is 11.3. The minimum absolute atomic E-state index is 0.191. The zero-order valence-electron chi connectivity index (χ0n) is 19.4. The fourth-order valence-electron chi connectivity index (χ4n) is 3.43. The Hall–Kier alpha value is -3.13. The Morgan fingerprint density at radius 3 is 2.47 bits per heavy atom. The van der Waals surface area contributed by atoms with Gasteiger partial charge in [-0.25, -0.2) is 4.79 Å². The number of hydrogen-bond acceptors (Lipinski definition) is 5. The van der Waals surface area contributed by atoms with Gasteiger partial charge in [0.05, 0.1) is 22.8 Å². The van der Waals surface area contributed by atoms with Crippen LogP contribution in [-0.4, -0.2) is 33.9 Å². The molecule has 0 unspecified atom stereocenters. The lowest BCUT2D eigenvalue weighted by Gasteiger charge is -2.23. The SMILES string of the molecule is Cc1cnn(C)c1-c1cc(C(=O)N[C@H](CNC(=O)OC(C)(C)C)c2ccccc2)sc1C. The van der Waals surface area contributed by atoms with E-state index in [1.54, 1.807) is 0 Å². The van der Waals surface area contributed by atoms with Gasteiger partial charge in [0.2, 0.25) is 0 Å². The Labute approximate surface area is 192 Å². The smallest absolute Gasteiger partial charge is 0.407 e. The second kappa shape index (κ2) is 9.56. The van der Waals surface area contributed by atoms with E-state index in [9.17, 15) is 9.59 Å². The molecule has 0 aliphatic carbocycles. The van der Waals surface area contributed by atoms with Crippen LogP contribution in [-0.2, 0) is 11.8 Å². The second-order valence-corrected chi connectivity index (χ2v) is 9.96. The molecule has 3 rings (SSSR count). The maximum Gasteiger partial charge on any atom is 0.407 e. The quantitative estimate of drug-likeness (QED) is 0.562. The molecule has 0 aliphatic heterocycles. The maximum absolute atomic E-state index is 13.1. The first-order valence-electron chi connectivity index (χ1n) is 10.5. The molecule has 1 aromatic carbocycles. The highest BCUT2D eigenvalue weighted by atomic mass is 32.1. The van der Waals surface area contributed by atoms with Crippen LogP contribution in [0.3, 0.4) is 0 Å². The lowest BCUT2D eigenvalue weighted by molar-refractivity contribution is 0.0520. The predicted molar refractivity (Wildman–Crippen MR) is 127 cm³/mol. The zero-order chi connectivity index (χ0) is 23.5. The molecule has 8 heteroatoms. The van der Waals surface area contributed by atoms with Crippen molar-refractivity contribution in [1.29, 1.82) is 0 Å². The lowest BCUT2D eigenvalue weighted by Crippen LogP contribution is -2.40. The van der Waals surface area contributed by atoms with Crippen LogP contribution in [0, 0.1) is 13.8 Å². The molecule has 0 bridgehead atoms. The molecule has 2 N–H and O–H groups in total. The van der Waals surface area contributed by atoms with E-state index in [0.717, 1.165) is 27.3 Å². The van der Waals surface area contributed by atoms with E-state index in [2.05, 4.69) is 15.7 Å². The Morgan fingerprint density at radius 1 is 1.19 bits per heavy atom. The average Bonchev–Trinajstić information content (AvgIpc) is 3.25. The van der Waals surface area contributed by atoms with Crippen LogP contribution in [0.4, 0.5) is 4.79 Å². The highest BCUT2D eigenvalue weighted by molar-refractivity contribution is 7.14. The number of benzene rings is 1. The van der Waals surface area contributed by atoms with Crippen molar-refractivity contribution in [2.24, 2.45) is 7.05 Å². The van der Waals surface area contributed by atoms with Crippen LogP contribution in [0.1, 0.15) is 52.5 Å². The number of hydrogen-bond donors (Lipinski definition) is 2. The molecular formula is C24H30N4O3S. The molecule has 0 radical (unpaired) electrons. The summed E-state index contributed by atoms with van der Waals surface area (Å²) in [7, 11) is 1.90. The van der Waals surface area contributed by atoms with Crippen molar-refractivity contribution in [2.75, 3.05) is 6.54 Å². The van der Waals surface area contributed by atoms with Gasteiger partial charge in [-0.3, -0.25) is 9.48 Å². The number of aryl methyl sites for hydroxylation is 3. The van der Waals surface area contributed by atoms with Crippen molar-refractivity contribution in [3.05, 3.63) is 63.5 Å². The summed E-state index contributed by atoms with van der Waals surface area (Å²) in [6.07, 6.45) is 1.30. The first kappa shape index (κ1) is 23.5. The number of carbonyl (C=O) groups excluding carboxylic acids is 2. The minimum Gasteiger partial charge on any atom is -0.444 e. The summed E-state index contributed by atoms with van der Waals surface area (Å²) in [6.45, 7) is 9.65. The first-order chi connectivity index (χ1) is 15.0. The van der Waals surface area contributed by atoms with E-state index in [0.29, 0.717) is 4.88 Å². The van der Waals surface area contributed by atoms with Gasteiger partial charge >= 0.3 is 6.09 Å². The fourth-order valence-corrected chi connectivity index (χ4v) is 4.35. The number of carbonyl (C=O) groups is 2. The Kier molecular flexibility index (Phi) is 7.03. The Bertz CT molecular complexity index is 1080. The van der Waals surface area contributed by atoms with Crippen molar-refractivity contribution in [2.45, 2.75) is 46.3 Å². The van der Waals surface area contributed by atoms with Crippen LogP contribution < -0.4 is 10.6 Å². The van der Waals surface area contributed by atoms with E-state index >= 15 is 0 Å². The fraction of sp³-hybridized carbons (Fsp3) is 0.375. The third kappa shape index (κ3) is 5.76. The summed E-state index contributed by atoms with van der Waals surface area (Å²) >= 11 is 1.44. The molecule has 2 amide bonds. The van der Waals surface area contributed by atoms with Crippen molar-refractivity contribution in [1.82, 2.24) is 20.4 Å². The van der Waals surface area contributed by atoms with Gasteiger partial charge in [-0.15, -0.1) is 11.3 Å². The number of amides is 2. The van der Waals surface area contributed by atoms with Gasteiger partial charge in [0.15, 0.2) is 0 Å². The molecule has 3 aromatic rings. The van der Waals surface area contributed by atoms with Crippen LogP contribution in [0.25, 0.3) is 11.3 Å². The number of nitrogens with zero attached hydrogens (tertiary/aromatic N) is 2. The number of alkyl carbamates (subject to hydrolysis) is 1. The molecule has 0 saturated carbocycles. The number of rotatable bonds is 6. The number of nitrogens with one attached hydrogen (secondary N) is 2. The normalized spacial score (nSPS) is 12.3. The van der Waals surface area contributed by atoms with Crippen molar-refractivity contribution < 1.29 is 14.3 Å². The van der Waals surface area contributed by atoms with Gasteiger partial charge in [0.1, 0.15) is 5.60 Å². The summed E-state index contributed by atoms with van der Waals surface area (Å²) in [5.74, 6) is -0.191. The van der Waals surface area contributed by atoms with Gasteiger partial charge in [-0.05, 0) is 51.8 Å². The second-order valence-electron chi connectivity index (χ2n) is 8.70. The van der Waals surface area contributed by atoms with E-state index in [1.165, 1.54) is 11.3 Å². The van der Waals surface area contributed by atoms with Gasteiger partial charge in [-0.2, -0.15) is 5.10 Å². The summed E-state index contributed by atoms with van der Waals surface area (Å²) in [5, 5.41) is 10.1. The highest BCUT2D eigenvalue weighted by Crippen LogP contribution is 2.32. The lowest BCUT2D eigenvalue weighted by atomic mass is 10.1. The van der Waals surface area contributed by atoms with Gasteiger partial charge < -0.3 is 15.4 Å². The summed E-state index contributed by atoms with van der Waals surface area (Å²) in [4.78, 5) is 26.9. The molecule has 1 atom stereocenters. The third-order valence-corrected chi connectivity index (χ3v) is 5.92. The van der Waals surface area contributed by atoms with Gasteiger partial charge in [-0.1, -0.05) is 30.3 Å². The zero-order valence-corrected chi connectivity index (χ0v) is 20.2. The topological polar surface area (TPSA) is 85.3 Å². The summed E-state index contributed by atoms with van der Waals surface area (Å²) in [5.41, 5.74) is 3.37. The van der Waals surface area contributed by atoms with Crippen LogP contribution in [0.2, 0.25) is 0 Å². The molecule has 2 aromatic heterocycles. The Balaban J connectivity index is 1.78. The number of aromatic nitrogens is 2. The standard InChI is InChI=1S/C24H30N4O3S/c1-15-13-26-28(6)21(15)18-12-20(32-16(18)2)22(29)27-19(17-10-8-7-9-11-17)14-25-23(30)31-24(3,4)5/h7-13,19H,14H2,1-6H3,(H,25,30)(H,27,29)/t19-/m1/s1. The van der Waals surface area contributed by atoms with Crippen LogP contribution in [0.5, 0.6) is 0 Å². The monoisotopic (exact) mass is 454 g/mol. The molecule has 2 heterocycles. The van der Waals surface area contributed by atoms with Crippen molar-refractivity contribution in [3.63, 3.8) is 0 Å². The van der Waals surface area contributed by atoms with E-state index in [4.69, 9.17) is 4.74 Å². The number of ether oxygens (including phenoxy) is 1. The van der Waals surface area contributed by atoms with Gasteiger partial charge in [0, 0.05) is 24.0 Å². The molecule has 0 aliphatic rings. The highest BCUT2D eigenvalue weighted by Gasteiger charge is 2.22. The predicted octanol–water partition coefficient (Wildman–Crippen LogP) is 4.76.